The molecule has 0 saturated heterocycles. The van der Waals surface area contributed by atoms with Gasteiger partial charge in [-0.05, 0) is 48.9 Å². The van der Waals surface area contributed by atoms with Crippen molar-refractivity contribution in [3.8, 4) is 0 Å². The van der Waals surface area contributed by atoms with Crippen LogP contribution in [0.15, 0.2) is 41.8 Å². The van der Waals surface area contributed by atoms with E-state index in [1.165, 1.54) is 10.4 Å². The van der Waals surface area contributed by atoms with Crippen LogP contribution in [0.3, 0.4) is 0 Å². The first kappa shape index (κ1) is 14.6. The number of thiophene rings is 1. The Morgan fingerprint density at radius 1 is 1.26 bits per heavy atom. The molecule has 0 spiro atoms. The van der Waals surface area contributed by atoms with Gasteiger partial charge in [0.1, 0.15) is 0 Å². The van der Waals surface area contributed by atoms with Crippen molar-refractivity contribution >= 4 is 22.9 Å². The lowest BCUT2D eigenvalue weighted by molar-refractivity contribution is 0.448. The lowest BCUT2D eigenvalue weighted by atomic mass is 10.1. The van der Waals surface area contributed by atoms with E-state index in [-0.39, 0.29) is 0 Å². The van der Waals surface area contributed by atoms with Crippen molar-refractivity contribution in [3.63, 3.8) is 0 Å². The third-order valence-corrected chi connectivity index (χ3v) is 4.43. The van der Waals surface area contributed by atoms with Gasteiger partial charge in [0.15, 0.2) is 0 Å². The fourth-order valence-electron chi connectivity index (χ4n) is 2.31. The van der Waals surface area contributed by atoms with Crippen molar-refractivity contribution in [2.75, 3.05) is 0 Å². The molecule has 0 aliphatic carbocycles. The average molecular weight is 294 g/mol. The van der Waals surface area contributed by atoms with Crippen molar-refractivity contribution in [1.82, 2.24) is 5.32 Å². The molecule has 2 unspecified atom stereocenters. The summed E-state index contributed by atoms with van der Waals surface area (Å²) in [5, 5.41) is 6.66. The molecular formula is C16H20ClNS. The molecule has 0 saturated carbocycles. The van der Waals surface area contributed by atoms with Crippen molar-refractivity contribution in [1.29, 1.82) is 0 Å². The zero-order chi connectivity index (χ0) is 13.7. The normalized spacial score (nSPS) is 14.3. The van der Waals surface area contributed by atoms with E-state index < -0.39 is 0 Å². The van der Waals surface area contributed by atoms with Gasteiger partial charge < -0.3 is 5.32 Å². The van der Waals surface area contributed by atoms with Crippen LogP contribution in [-0.2, 0) is 6.42 Å². The second kappa shape index (κ2) is 7.09. The van der Waals surface area contributed by atoms with Crippen molar-refractivity contribution in [2.24, 2.45) is 0 Å². The first-order valence-corrected chi connectivity index (χ1v) is 7.98. The highest BCUT2D eigenvalue weighted by molar-refractivity contribution is 7.10. The first-order valence-electron chi connectivity index (χ1n) is 6.73. The van der Waals surface area contributed by atoms with Crippen LogP contribution in [0.5, 0.6) is 0 Å². The van der Waals surface area contributed by atoms with Crippen LogP contribution in [0.25, 0.3) is 0 Å². The molecule has 1 heterocycles. The Balaban J connectivity index is 1.95. The topological polar surface area (TPSA) is 12.0 Å². The maximum Gasteiger partial charge on any atom is 0.0414 e. The molecular weight excluding hydrogens is 274 g/mol. The Bertz CT molecular complexity index is 495. The van der Waals surface area contributed by atoms with Gasteiger partial charge in [-0.15, -0.1) is 11.3 Å². The Morgan fingerprint density at radius 3 is 2.74 bits per heavy atom. The lowest BCUT2D eigenvalue weighted by Crippen LogP contribution is -2.31. The molecule has 1 aromatic carbocycles. The monoisotopic (exact) mass is 293 g/mol. The molecule has 0 aliphatic heterocycles. The SMILES string of the molecule is CCC(NC(C)Cc1cccc(Cl)c1)c1cccs1. The number of halogens is 1. The maximum atomic E-state index is 6.02. The van der Waals surface area contributed by atoms with E-state index in [0.717, 1.165) is 17.9 Å². The zero-order valence-electron chi connectivity index (χ0n) is 11.4. The van der Waals surface area contributed by atoms with Crippen LogP contribution in [-0.4, -0.2) is 6.04 Å². The van der Waals surface area contributed by atoms with E-state index in [1.54, 1.807) is 0 Å². The minimum atomic E-state index is 0.436. The van der Waals surface area contributed by atoms with Gasteiger partial charge in [-0.25, -0.2) is 0 Å². The van der Waals surface area contributed by atoms with E-state index in [9.17, 15) is 0 Å². The number of hydrogen-bond donors (Lipinski definition) is 1. The molecule has 0 bridgehead atoms. The molecule has 1 aromatic heterocycles. The molecule has 1 nitrogen and oxygen atoms in total. The quantitative estimate of drug-likeness (QED) is 0.784. The summed E-state index contributed by atoms with van der Waals surface area (Å²) in [7, 11) is 0. The molecule has 0 aliphatic rings. The predicted octanol–water partition coefficient (Wildman–Crippen LogP) is 5.07. The molecule has 2 atom stereocenters. The van der Waals surface area contributed by atoms with E-state index in [4.69, 9.17) is 11.6 Å². The fraction of sp³-hybridized carbons (Fsp3) is 0.375. The Kier molecular flexibility index (Phi) is 5.44. The van der Waals surface area contributed by atoms with E-state index in [0.29, 0.717) is 12.1 Å². The fourth-order valence-corrected chi connectivity index (χ4v) is 3.39. The summed E-state index contributed by atoms with van der Waals surface area (Å²) in [5.41, 5.74) is 1.29. The van der Waals surface area contributed by atoms with E-state index in [1.807, 2.05) is 29.5 Å². The van der Waals surface area contributed by atoms with Gasteiger partial charge in [0.2, 0.25) is 0 Å². The van der Waals surface area contributed by atoms with Crippen molar-refractivity contribution in [2.45, 2.75) is 38.8 Å². The highest BCUT2D eigenvalue weighted by Crippen LogP contribution is 2.22. The van der Waals surface area contributed by atoms with E-state index >= 15 is 0 Å². The minimum absolute atomic E-state index is 0.436. The molecule has 0 amide bonds. The third-order valence-electron chi connectivity index (χ3n) is 3.21. The van der Waals surface area contributed by atoms with Crippen LogP contribution in [0.4, 0.5) is 0 Å². The molecule has 1 N–H and O–H groups in total. The second-order valence-corrected chi connectivity index (χ2v) is 6.29. The molecule has 102 valence electrons. The van der Waals surface area contributed by atoms with Gasteiger partial charge in [0.25, 0.3) is 0 Å². The summed E-state index contributed by atoms with van der Waals surface area (Å²) >= 11 is 7.85. The summed E-state index contributed by atoms with van der Waals surface area (Å²) in [6, 6.07) is 13.3. The molecule has 3 heteroatoms. The first-order chi connectivity index (χ1) is 9.19. The van der Waals surface area contributed by atoms with Gasteiger partial charge in [-0.1, -0.05) is 36.7 Å². The Morgan fingerprint density at radius 2 is 2.11 bits per heavy atom. The van der Waals surface area contributed by atoms with Crippen LogP contribution in [0.2, 0.25) is 5.02 Å². The molecule has 2 rings (SSSR count). The van der Waals surface area contributed by atoms with Gasteiger partial charge in [-0.3, -0.25) is 0 Å². The number of benzene rings is 1. The maximum absolute atomic E-state index is 6.02. The van der Waals surface area contributed by atoms with E-state index in [2.05, 4.69) is 42.7 Å². The average Bonchev–Trinajstić information content (AvgIpc) is 2.89. The highest BCUT2D eigenvalue weighted by Gasteiger charge is 2.13. The Labute approximate surface area is 124 Å². The van der Waals surface area contributed by atoms with Gasteiger partial charge >= 0.3 is 0 Å². The number of nitrogens with one attached hydrogen (secondary N) is 1. The predicted molar refractivity (Wildman–Crippen MR) is 85.1 cm³/mol. The van der Waals surface area contributed by atoms with Crippen LogP contribution in [0, 0.1) is 0 Å². The van der Waals surface area contributed by atoms with Gasteiger partial charge in [0.05, 0.1) is 0 Å². The summed E-state index contributed by atoms with van der Waals surface area (Å²) in [6.07, 6.45) is 2.11. The zero-order valence-corrected chi connectivity index (χ0v) is 13.0. The number of hydrogen-bond acceptors (Lipinski definition) is 2. The van der Waals surface area contributed by atoms with Gasteiger partial charge in [0, 0.05) is 22.0 Å². The second-order valence-electron chi connectivity index (χ2n) is 4.88. The van der Waals surface area contributed by atoms with Crippen LogP contribution < -0.4 is 5.32 Å². The Hall–Kier alpha value is -0.830. The summed E-state index contributed by atoms with van der Waals surface area (Å²) in [5.74, 6) is 0. The third kappa shape index (κ3) is 4.34. The number of rotatable bonds is 6. The van der Waals surface area contributed by atoms with Crippen molar-refractivity contribution < 1.29 is 0 Å². The summed E-state index contributed by atoms with van der Waals surface area (Å²) in [4.78, 5) is 1.42. The van der Waals surface area contributed by atoms with Crippen molar-refractivity contribution in [3.05, 3.63) is 57.2 Å². The summed E-state index contributed by atoms with van der Waals surface area (Å²) in [6.45, 7) is 4.46. The smallest absolute Gasteiger partial charge is 0.0414 e. The standard InChI is InChI=1S/C16H20ClNS/c1-3-15(16-8-5-9-19-16)18-12(2)10-13-6-4-7-14(17)11-13/h4-9,11-12,15,18H,3,10H2,1-2H3. The highest BCUT2D eigenvalue weighted by atomic mass is 35.5. The minimum Gasteiger partial charge on any atom is -0.306 e. The summed E-state index contributed by atoms with van der Waals surface area (Å²) < 4.78 is 0. The van der Waals surface area contributed by atoms with Gasteiger partial charge in [-0.2, -0.15) is 0 Å². The van der Waals surface area contributed by atoms with Crippen LogP contribution >= 0.6 is 22.9 Å². The molecule has 0 fully saturated rings. The lowest BCUT2D eigenvalue weighted by Gasteiger charge is -2.21. The molecule has 0 radical (unpaired) electrons. The molecule has 19 heavy (non-hydrogen) atoms. The largest absolute Gasteiger partial charge is 0.306 e. The molecule has 2 aromatic rings. The van der Waals surface area contributed by atoms with Crippen LogP contribution in [0.1, 0.15) is 36.8 Å².